The number of pyridine rings is 2. The predicted molar refractivity (Wildman–Crippen MR) is 250 cm³/mol. The first-order valence-corrected chi connectivity index (χ1v) is 27.0. The number of aromatic nitrogens is 2. The molecule has 0 aliphatic heterocycles. The van der Waals surface area contributed by atoms with Crippen molar-refractivity contribution in [3.63, 3.8) is 0 Å². The molecule has 3 nitrogen and oxygen atoms in total. The first-order valence-electron chi connectivity index (χ1n) is 20.1. The zero-order valence-electron chi connectivity index (χ0n) is 36.1. The van der Waals surface area contributed by atoms with Crippen LogP contribution in [0.25, 0.3) is 58.8 Å². The van der Waals surface area contributed by atoms with Crippen molar-refractivity contribution in [2.24, 2.45) is 10.8 Å². The van der Waals surface area contributed by atoms with Gasteiger partial charge >= 0.3 is 367 Å². The van der Waals surface area contributed by atoms with E-state index in [9.17, 15) is 0 Å². The van der Waals surface area contributed by atoms with Crippen LogP contribution in [-0.2, 0) is 23.7 Å². The molecule has 0 bridgehead atoms. The normalized spacial score (nSPS) is 13.2. The molecule has 8 rings (SSSR count). The van der Waals surface area contributed by atoms with Gasteiger partial charge in [-0.05, 0) is 0 Å². The molecular weight excluding hydrogens is 960 g/mol. The number of hydrogen-bond donors (Lipinski definition) is 0. The third-order valence-corrected chi connectivity index (χ3v) is 23.3. The topological polar surface area (TPSA) is 35.0 Å². The summed E-state index contributed by atoms with van der Waals surface area (Å²) < 4.78 is 19.7. The van der Waals surface area contributed by atoms with Crippen LogP contribution >= 0.6 is 0 Å². The zero-order chi connectivity index (χ0) is 41.0. The van der Waals surface area contributed by atoms with Crippen molar-refractivity contribution in [3.05, 3.63) is 92.1 Å². The molecule has 57 heavy (non-hydrogen) atoms. The number of hydrogen-bond acceptors (Lipinski definition) is 3. The third kappa shape index (κ3) is 8.23. The fraction of sp³-hybridized carbons (Fsp3) is 0.400. The number of rotatable bonds is 6. The van der Waals surface area contributed by atoms with Gasteiger partial charge in [0.05, 0.1) is 0 Å². The standard InChI is InChI=1S/C50H56N2OSe4/c1-27-37(25-47(3,4)5)54-45-35-15-17-51-39(43(35)56-41(27)45)29-19-31(49(9,10)11)23-33(21-29)53-34-22-30(20-32(24-34)50(12,13)14)40-44-36(16-18-52-40)46-42(57-44)28(2)38(55-46)26-48(6,7)8/h15-24H,25-26H2,1-14H3. The summed E-state index contributed by atoms with van der Waals surface area (Å²) in [5.74, 6) is 1.72. The van der Waals surface area contributed by atoms with Gasteiger partial charge in [-0.25, -0.2) is 0 Å². The fourth-order valence-corrected chi connectivity index (χ4v) is 22.4. The van der Waals surface area contributed by atoms with Gasteiger partial charge in [0.25, 0.3) is 0 Å². The molecule has 0 aliphatic rings. The van der Waals surface area contributed by atoms with Crippen LogP contribution in [0.4, 0.5) is 0 Å². The van der Waals surface area contributed by atoms with Gasteiger partial charge in [-0.15, -0.1) is 0 Å². The Hall–Kier alpha value is -2.42. The number of fused-ring (bicyclic) bond motifs is 6. The maximum absolute atomic E-state index is 7.04. The first kappa shape index (κ1) is 41.3. The van der Waals surface area contributed by atoms with Gasteiger partial charge in [0.2, 0.25) is 0 Å². The van der Waals surface area contributed by atoms with Gasteiger partial charge in [-0.3, -0.25) is 0 Å². The Morgan fingerprint density at radius 1 is 0.474 bits per heavy atom. The van der Waals surface area contributed by atoms with Gasteiger partial charge in [-0.1, -0.05) is 0 Å². The summed E-state index contributed by atoms with van der Waals surface area (Å²) in [5, 5.41) is 2.87. The minimum absolute atomic E-state index is 0.0647. The molecule has 0 radical (unpaired) electrons. The summed E-state index contributed by atoms with van der Waals surface area (Å²) >= 11 is 1.23. The van der Waals surface area contributed by atoms with Crippen LogP contribution in [0, 0.1) is 24.7 Å². The van der Waals surface area contributed by atoms with Gasteiger partial charge in [-0.2, -0.15) is 0 Å². The molecule has 0 saturated heterocycles. The van der Waals surface area contributed by atoms with E-state index in [0.717, 1.165) is 34.0 Å². The molecular formula is C50H56N2OSe4. The van der Waals surface area contributed by atoms with E-state index in [-0.39, 0.29) is 39.8 Å². The molecule has 0 amide bonds. The van der Waals surface area contributed by atoms with Crippen LogP contribution in [0.3, 0.4) is 0 Å². The molecule has 0 aliphatic carbocycles. The number of benzene rings is 2. The van der Waals surface area contributed by atoms with Gasteiger partial charge < -0.3 is 0 Å². The van der Waals surface area contributed by atoms with Crippen LogP contribution in [0.1, 0.15) is 114 Å². The Morgan fingerprint density at radius 2 is 0.860 bits per heavy atom. The first-order chi connectivity index (χ1) is 26.5. The van der Waals surface area contributed by atoms with Gasteiger partial charge in [0.1, 0.15) is 0 Å². The maximum atomic E-state index is 7.04. The SMILES string of the molecule is Cc1c(CC(C)(C)C)[se]c2c1[se]c1c(-c3cc(Oc4cc(-c5nccc6c5[se]c5c(C)c(CC(C)(C)C)[se]c56)cc(C(C)(C)C)c4)cc(C(C)(C)C)c3)nccc12. The second-order valence-corrected chi connectivity index (χ2v) is 29.4. The molecule has 0 atom stereocenters. The molecule has 0 saturated carbocycles. The third-order valence-electron chi connectivity index (χ3n) is 10.8. The molecule has 0 fully saturated rings. The van der Waals surface area contributed by atoms with Crippen molar-refractivity contribution in [3.8, 4) is 34.0 Å². The molecule has 0 unspecified atom stereocenters. The second kappa shape index (κ2) is 14.6. The van der Waals surface area contributed by atoms with E-state index in [2.05, 4.69) is 145 Å². The van der Waals surface area contributed by atoms with Crippen LogP contribution in [0.15, 0.2) is 60.9 Å². The van der Waals surface area contributed by atoms with E-state index >= 15 is 0 Å². The van der Waals surface area contributed by atoms with E-state index in [1.54, 1.807) is 37.0 Å². The van der Waals surface area contributed by atoms with Crippen molar-refractivity contribution in [2.45, 2.75) is 121 Å². The predicted octanol–water partition coefficient (Wildman–Crippen LogP) is 12.8. The molecule has 0 N–H and O–H groups in total. The number of ether oxygens (including phenoxy) is 1. The van der Waals surface area contributed by atoms with Crippen molar-refractivity contribution < 1.29 is 4.74 Å². The zero-order valence-corrected chi connectivity index (χ0v) is 43.0. The summed E-state index contributed by atoms with van der Waals surface area (Å²) in [6.07, 6.45) is 6.44. The monoisotopic (exact) mass is 1020 g/mol. The molecule has 2 aromatic carbocycles. The Balaban J connectivity index is 1.23. The van der Waals surface area contributed by atoms with Crippen molar-refractivity contribution in [1.82, 2.24) is 9.97 Å². The van der Waals surface area contributed by atoms with E-state index in [4.69, 9.17) is 14.7 Å². The van der Waals surface area contributed by atoms with Gasteiger partial charge in [0, 0.05) is 0 Å². The Labute approximate surface area is 363 Å². The summed E-state index contributed by atoms with van der Waals surface area (Å²) in [6, 6.07) is 18.3. The summed E-state index contributed by atoms with van der Waals surface area (Å²) in [4.78, 5) is 10.2. The average molecular weight is 1020 g/mol. The van der Waals surface area contributed by atoms with Crippen molar-refractivity contribution in [2.75, 3.05) is 0 Å². The van der Waals surface area contributed by atoms with Crippen LogP contribution < -0.4 is 4.74 Å². The Bertz CT molecular complexity index is 2640. The average Bonchev–Trinajstić information content (AvgIpc) is 3.82. The quantitative estimate of drug-likeness (QED) is 0.156. The molecule has 296 valence electrons. The Morgan fingerprint density at radius 3 is 1.21 bits per heavy atom. The fourth-order valence-electron chi connectivity index (χ4n) is 7.65. The van der Waals surface area contributed by atoms with Crippen LogP contribution in [-0.4, -0.2) is 68.0 Å². The summed E-state index contributed by atoms with van der Waals surface area (Å²) in [5.41, 5.74) is 10.6. The van der Waals surface area contributed by atoms with Crippen LogP contribution in [0.5, 0.6) is 11.5 Å². The van der Waals surface area contributed by atoms with Crippen LogP contribution in [0.2, 0.25) is 0 Å². The minimum atomic E-state index is -0.0647. The molecule has 6 aromatic heterocycles. The summed E-state index contributed by atoms with van der Waals surface area (Å²) in [7, 11) is 0. The molecule has 0 spiro atoms. The van der Waals surface area contributed by atoms with Gasteiger partial charge in [0.15, 0.2) is 0 Å². The molecule has 8 aromatic rings. The van der Waals surface area contributed by atoms with E-state index in [1.807, 2.05) is 12.4 Å². The number of nitrogens with zero attached hydrogens (tertiary/aromatic N) is 2. The van der Waals surface area contributed by atoms with Crippen molar-refractivity contribution in [1.29, 1.82) is 0 Å². The van der Waals surface area contributed by atoms with E-state index in [1.165, 1.54) is 43.3 Å². The van der Waals surface area contributed by atoms with E-state index < -0.39 is 0 Å². The Kier molecular flexibility index (Phi) is 10.6. The molecule has 6 heterocycles. The second-order valence-electron chi connectivity index (χ2n) is 20.5. The molecule has 7 heteroatoms. The number of aryl methyl sites for hydroxylation is 2. The summed E-state index contributed by atoms with van der Waals surface area (Å²) in [6.45, 7) is 32.7. The van der Waals surface area contributed by atoms with Crippen molar-refractivity contribution >= 4 is 94.3 Å². The van der Waals surface area contributed by atoms with E-state index in [0.29, 0.717) is 39.8 Å².